The van der Waals surface area contributed by atoms with E-state index in [-0.39, 0.29) is 5.56 Å². The minimum absolute atomic E-state index is 0.222. The predicted molar refractivity (Wildman–Crippen MR) is 86.4 cm³/mol. The van der Waals surface area contributed by atoms with Gasteiger partial charge in [-0.3, -0.25) is 0 Å². The Hall–Kier alpha value is -1.79. The molecule has 1 aromatic carbocycles. The average molecular weight is 323 g/mol. The highest BCUT2D eigenvalue weighted by Gasteiger charge is 2.21. The number of methoxy groups -OCH3 is 2. The molecule has 128 valence electrons. The summed E-state index contributed by atoms with van der Waals surface area (Å²) in [6, 6.07) is 3.27. The molecule has 1 heterocycles. The van der Waals surface area contributed by atoms with Crippen LogP contribution in [0.4, 0.5) is 0 Å². The molecule has 0 aliphatic carbocycles. The Morgan fingerprint density at radius 2 is 2.00 bits per heavy atom. The van der Waals surface area contributed by atoms with Gasteiger partial charge >= 0.3 is 5.97 Å². The standard InChI is InChI=1S/C17H25NO5/c1-18(10-12-4-6-23-7-5-12)11-15-14(17(19)20)8-13(21-2)9-16(15)22-3/h8-9,12H,4-7,10-11H2,1-3H3,(H,19,20). The molecule has 0 aromatic heterocycles. The minimum atomic E-state index is -0.975. The van der Waals surface area contributed by atoms with Crippen molar-refractivity contribution in [2.24, 2.45) is 5.92 Å². The van der Waals surface area contributed by atoms with Gasteiger partial charge in [0, 0.05) is 37.9 Å². The first-order chi connectivity index (χ1) is 11.0. The number of carboxylic acid groups (broad SMARTS) is 1. The maximum atomic E-state index is 11.6. The topological polar surface area (TPSA) is 68.2 Å². The number of aromatic carboxylic acids is 1. The summed E-state index contributed by atoms with van der Waals surface area (Å²) in [5.74, 6) is 0.638. The van der Waals surface area contributed by atoms with Gasteiger partial charge in [-0.05, 0) is 31.9 Å². The van der Waals surface area contributed by atoms with E-state index in [4.69, 9.17) is 14.2 Å². The number of hydrogen-bond donors (Lipinski definition) is 1. The molecular weight excluding hydrogens is 298 g/mol. The molecule has 0 atom stereocenters. The van der Waals surface area contributed by atoms with Crippen LogP contribution in [0, 0.1) is 5.92 Å². The van der Waals surface area contributed by atoms with Gasteiger partial charge in [0.05, 0.1) is 19.8 Å². The zero-order chi connectivity index (χ0) is 16.8. The highest BCUT2D eigenvalue weighted by Crippen LogP contribution is 2.30. The van der Waals surface area contributed by atoms with Gasteiger partial charge in [0.1, 0.15) is 11.5 Å². The Bertz CT molecular complexity index is 540. The lowest BCUT2D eigenvalue weighted by Crippen LogP contribution is -2.30. The van der Waals surface area contributed by atoms with Crippen LogP contribution in [0.5, 0.6) is 11.5 Å². The predicted octanol–water partition coefficient (Wildman–Crippen LogP) is 2.26. The van der Waals surface area contributed by atoms with Crippen LogP contribution in [0.1, 0.15) is 28.8 Å². The summed E-state index contributed by atoms with van der Waals surface area (Å²) in [5, 5.41) is 9.49. The summed E-state index contributed by atoms with van der Waals surface area (Å²) >= 11 is 0. The Kier molecular flexibility index (Phi) is 6.24. The van der Waals surface area contributed by atoms with Crippen LogP contribution in [0.15, 0.2) is 12.1 Å². The van der Waals surface area contributed by atoms with Crippen molar-refractivity contribution in [3.63, 3.8) is 0 Å². The first kappa shape index (κ1) is 17.6. The lowest BCUT2D eigenvalue weighted by molar-refractivity contribution is 0.0547. The van der Waals surface area contributed by atoms with E-state index >= 15 is 0 Å². The summed E-state index contributed by atoms with van der Waals surface area (Å²) in [5.41, 5.74) is 0.899. The van der Waals surface area contributed by atoms with Gasteiger partial charge in [0.15, 0.2) is 0 Å². The second-order valence-corrected chi connectivity index (χ2v) is 5.91. The number of rotatable bonds is 7. The van der Waals surface area contributed by atoms with Crippen molar-refractivity contribution in [3.8, 4) is 11.5 Å². The summed E-state index contributed by atoms with van der Waals surface area (Å²) < 4.78 is 15.9. The van der Waals surface area contributed by atoms with Gasteiger partial charge in [0.25, 0.3) is 0 Å². The van der Waals surface area contributed by atoms with Crippen molar-refractivity contribution < 1.29 is 24.1 Å². The normalized spacial score (nSPS) is 15.7. The van der Waals surface area contributed by atoms with Crippen LogP contribution in [-0.2, 0) is 11.3 Å². The molecule has 0 bridgehead atoms. The van der Waals surface area contributed by atoms with E-state index in [1.807, 2.05) is 7.05 Å². The van der Waals surface area contributed by atoms with Crippen molar-refractivity contribution in [1.29, 1.82) is 0 Å². The number of hydrogen-bond acceptors (Lipinski definition) is 5. The maximum absolute atomic E-state index is 11.6. The number of benzene rings is 1. The largest absolute Gasteiger partial charge is 0.497 e. The van der Waals surface area contributed by atoms with E-state index in [0.29, 0.717) is 29.5 Å². The maximum Gasteiger partial charge on any atom is 0.336 e. The van der Waals surface area contributed by atoms with E-state index in [9.17, 15) is 9.90 Å². The molecule has 0 unspecified atom stereocenters. The van der Waals surface area contributed by atoms with Crippen molar-refractivity contribution in [3.05, 3.63) is 23.3 Å². The molecule has 0 saturated carbocycles. The molecule has 0 radical (unpaired) electrons. The fourth-order valence-corrected chi connectivity index (χ4v) is 2.98. The second kappa shape index (κ2) is 8.17. The number of nitrogens with zero attached hydrogens (tertiary/aromatic N) is 1. The number of ether oxygens (including phenoxy) is 3. The molecular formula is C17H25NO5. The molecule has 1 fully saturated rings. The van der Waals surface area contributed by atoms with Crippen molar-refractivity contribution >= 4 is 5.97 Å². The molecule has 6 heteroatoms. The Labute approximate surface area is 136 Å². The fraction of sp³-hybridized carbons (Fsp3) is 0.588. The van der Waals surface area contributed by atoms with Gasteiger partial charge < -0.3 is 24.2 Å². The minimum Gasteiger partial charge on any atom is -0.497 e. The van der Waals surface area contributed by atoms with Crippen LogP contribution in [0.3, 0.4) is 0 Å². The Balaban J connectivity index is 2.17. The van der Waals surface area contributed by atoms with Crippen LogP contribution >= 0.6 is 0 Å². The summed E-state index contributed by atoms with van der Waals surface area (Å²) in [6.07, 6.45) is 2.10. The quantitative estimate of drug-likeness (QED) is 0.830. The van der Waals surface area contributed by atoms with Crippen molar-refractivity contribution in [2.45, 2.75) is 19.4 Å². The zero-order valence-corrected chi connectivity index (χ0v) is 14.0. The van der Waals surface area contributed by atoms with Crippen LogP contribution in [0.25, 0.3) is 0 Å². The third-order valence-electron chi connectivity index (χ3n) is 4.21. The van der Waals surface area contributed by atoms with Gasteiger partial charge in [-0.15, -0.1) is 0 Å². The number of carbonyl (C=O) groups is 1. The summed E-state index contributed by atoms with van der Waals surface area (Å²) in [6.45, 7) is 3.05. The first-order valence-electron chi connectivity index (χ1n) is 7.79. The van der Waals surface area contributed by atoms with Gasteiger partial charge in [-0.2, -0.15) is 0 Å². The molecule has 6 nitrogen and oxygen atoms in total. The third-order valence-corrected chi connectivity index (χ3v) is 4.21. The monoisotopic (exact) mass is 323 g/mol. The molecule has 1 aliphatic heterocycles. The van der Waals surface area contributed by atoms with Crippen molar-refractivity contribution in [1.82, 2.24) is 4.90 Å². The summed E-state index contributed by atoms with van der Waals surface area (Å²) in [7, 11) is 5.06. The Morgan fingerprint density at radius 3 is 2.57 bits per heavy atom. The lowest BCUT2D eigenvalue weighted by atomic mass is 9.99. The third kappa shape index (κ3) is 4.59. The molecule has 23 heavy (non-hydrogen) atoms. The molecule has 2 rings (SSSR count). The molecule has 0 amide bonds. The Morgan fingerprint density at radius 1 is 1.30 bits per heavy atom. The van der Waals surface area contributed by atoms with Gasteiger partial charge in [0.2, 0.25) is 0 Å². The molecule has 1 aromatic rings. The van der Waals surface area contributed by atoms with E-state index in [1.54, 1.807) is 19.2 Å². The average Bonchev–Trinajstić information content (AvgIpc) is 2.55. The highest BCUT2D eigenvalue weighted by atomic mass is 16.5. The van der Waals surface area contributed by atoms with E-state index in [2.05, 4.69) is 4.90 Å². The van der Waals surface area contributed by atoms with Crippen molar-refractivity contribution in [2.75, 3.05) is 41.0 Å². The summed E-state index contributed by atoms with van der Waals surface area (Å²) in [4.78, 5) is 13.7. The lowest BCUT2D eigenvalue weighted by Gasteiger charge is -2.28. The van der Waals surface area contributed by atoms with E-state index in [0.717, 1.165) is 32.6 Å². The highest BCUT2D eigenvalue weighted by molar-refractivity contribution is 5.91. The number of carboxylic acids is 1. The smallest absolute Gasteiger partial charge is 0.336 e. The molecule has 1 N–H and O–H groups in total. The van der Waals surface area contributed by atoms with Crippen LogP contribution in [0.2, 0.25) is 0 Å². The van der Waals surface area contributed by atoms with E-state index < -0.39 is 5.97 Å². The SMILES string of the molecule is COc1cc(OC)c(CN(C)CC2CCOCC2)c(C(=O)O)c1. The second-order valence-electron chi connectivity index (χ2n) is 5.91. The first-order valence-corrected chi connectivity index (χ1v) is 7.79. The fourth-order valence-electron chi connectivity index (χ4n) is 2.98. The molecule has 1 aliphatic rings. The van der Waals surface area contributed by atoms with Crippen LogP contribution in [-0.4, -0.2) is 57.0 Å². The van der Waals surface area contributed by atoms with Crippen LogP contribution < -0.4 is 9.47 Å². The van der Waals surface area contributed by atoms with Gasteiger partial charge in [-0.25, -0.2) is 4.79 Å². The molecule has 1 saturated heterocycles. The van der Waals surface area contributed by atoms with Gasteiger partial charge in [-0.1, -0.05) is 0 Å². The van der Waals surface area contributed by atoms with E-state index in [1.165, 1.54) is 7.11 Å². The zero-order valence-electron chi connectivity index (χ0n) is 14.0. The molecule has 0 spiro atoms.